The molecule has 0 radical (unpaired) electrons. The van der Waals surface area contributed by atoms with Gasteiger partial charge in [0.05, 0.1) is 20.3 Å². The van der Waals surface area contributed by atoms with Crippen LogP contribution in [0, 0.1) is 6.92 Å². The van der Waals surface area contributed by atoms with E-state index in [0.29, 0.717) is 6.54 Å². The van der Waals surface area contributed by atoms with Gasteiger partial charge in [0.1, 0.15) is 16.5 Å². The van der Waals surface area contributed by atoms with Gasteiger partial charge < -0.3 is 14.8 Å². The fourth-order valence-corrected chi connectivity index (χ4v) is 2.77. The predicted molar refractivity (Wildman–Crippen MR) is 81.7 cm³/mol. The Balaban J connectivity index is 2.06. The first-order valence-corrected chi connectivity index (χ1v) is 7.38. The van der Waals surface area contributed by atoms with Crippen LogP contribution >= 0.6 is 11.3 Å². The molecule has 2 aromatic rings. The van der Waals surface area contributed by atoms with Crippen LogP contribution in [-0.4, -0.2) is 19.2 Å². The van der Waals surface area contributed by atoms with Crippen LogP contribution in [0.5, 0.6) is 11.5 Å². The lowest BCUT2D eigenvalue weighted by Crippen LogP contribution is -2.18. The van der Waals surface area contributed by atoms with Crippen LogP contribution in [0.4, 0.5) is 0 Å². The van der Waals surface area contributed by atoms with E-state index in [1.807, 2.05) is 25.1 Å². The van der Waals surface area contributed by atoms with E-state index in [0.717, 1.165) is 27.8 Å². The highest BCUT2D eigenvalue weighted by Gasteiger charge is 2.11. The molecule has 4 nitrogen and oxygen atoms in total. The zero-order valence-electron chi connectivity index (χ0n) is 12.3. The van der Waals surface area contributed by atoms with Crippen LogP contribution in [0.3, 0.4) is 0 Å². The first-order chi connectivity index (χ1) is 9.63. The summed E-state index contributed by atoms with van der Waals surface area (Å²) >= 11 is 1.68. The van der Waals surface area contributed by atoms with Gasteiger partial charge in [-0.1, -0.05) is 0 Å². The molecule has 1 aromatic heterocycles. The lowest BCUT2D eigenvalue weighted by Gasteiger charge is -2.14. The molecule has 1 heterocycles. The molecule has 0 aliphatic carbocycles. The molecule has 0 saturated carbocycles. The third kappa shape index (κ3) is 3.49. The van der Waals surface area contributed by atoms with E-state index in [1.54, 1.807) is 25.6 Å². The fourth-order valence-electron chi connectivity index (χ4n) is 1.94. The highest BCUT2D eigenvalue weighted by atomic mass is 32.1. The number of thiazole rings is 1. The molecule has 0 aliphatic heterocycles. The summed E-state index contributed by atoms with van der Waals surface area (Å²) in [4.78, 5) is 4.50. The van der Waals surface area contributed by atoms with E-state index in [1.165, 1.54) is 0 Å². The molecule has 1 atom stereocenters. The SMILES string of the molecule is COc1ccc(OC)c(CNC(C)c2nc(C)cs2)c1. The van der Waals surface area contributed by atoms with Gasteiger partial charge in [-0.3, -0.25) is 0 Å². The van der Waals surface area contributed by atoms with Gasteiger partial charge in [-0.15, -0.1) is 11.3 Å². The fraction of sp³-hybridized carbons (Fsp3) is 0.400. The van der Waals surface area contributed by atoms with Gasteiger partial charge in [-0.25, -0.2) is 4.98 Å². The number of hydrogen-bond donors (Lipinski definition) is 1. The Hall–Kier alpha value is -1.59. The Morgan fingerprint density at radius 1 is 1.30 bits per heavy atom. The van der Waals surface area contributed by atoms with E-state index < -0.39 is 0 Å². The maximum absolute atomic E-state index is 5.38. The van der Waals surface area contributed by atoms with Gasteiger partial charge in [0.25, 0.3) is 0 Å². The molecule has 2 rings (SSSR count). The lowest BCUT2D eigenvalue weighted by molar-refractivity contribution is 0.395. The minimum Gasteiger partial charge on any atom is -0.497 e. The summed E-state index contributed by atoms with van der Waals surface area (Å²) < 4.78 is 10.6. The number of ether oxygens (including phenoxy) is 2. The number of nitrogens with one attached hydrogen (secondary N) is 1. The third-order valence-electron chi connectivity index (χ3n) is 3.09. The summed E-state index contributed by atoms with van der Waals surface area (Å²) in [5.74, 6) is 1.70. The molecular formula is C15H20N2O2S. The smallest absolute Gasteiger partial charge is 0.123 e. The van der Waals surface area contributed by atoms with Crippen molar-refractivity contribution in [3.8, 4) is 11.5 Å². The molecule has 0 saturated heterocycles. The van der Waals surface area contributed by atoms with Gasteiger partial charge in [0, 0.05) is 23.2 Å². The van der Waals surface area contributed by atoms with E-state index >= 15 is 0 Å². The number of benzene rings is 1. The number of aryl methyl sites for hydroxylation is 1. The van der Waals surface area contributed by atoms with Crippen molar-refractivity contribution >= 4 is 11.3 Å². The predicted octanol–water partition coefficient (Wildman–Crippen LogP) is 3.32. The highest BCUT2D eigenvalue weighted by molar-refractivity contribution is 7.09. The number of rotatable bonds is 6. The highest BCUT2D eigenvalue weighted by Crippen LogP contribution is 2.25. The summed E-state index contributed by atoms with van der Waals surface area (Å²) in [6.45, 7) is 4.84. The van der Waals surface area contributed by atoms with E-state index in [9.17, 15) is 0 Å². The standard InChI is InChI=1S/C15H20N2O2S/c1-10-9-20-15(17-10)11(2)16-8-12-7-13(18-3)5-6-14(12)19-4/h5-7,9,11,16H,8H2,1-4H3. The number of aromatic nitrogens is 1. The molecule has 1 N–H and O–H groups in total. The first kappa shape index (κ1) is 14.8. The molecule has 0 bridgehead atoms. The van der Waals surface area contributed by atoms with Gasteiger partial charge in [-0.2, -0.15) is 0 Å². The molecule has 0 aliphatic rings. The number of methoxy groups -OCH3 is 2. The maximum atomic E-state index is 5.38. The molecular weight excluding hydrogens is 272 g/mol. The van der Waals surface area contributed by atoms with Crippen molar-refractivity contribution in [2.45, 2.75) is 26.4 Å². The summed E-state index contributed by atoms with van der Waals surface area (Å²) in [5, 5.41) is 6.64. The van der Waals surface area contributed by atoms with Crippen molar-refractivity contribution in [3.63, 3.8) is 0 Å². The van der Waals surface area contributed by atoms with Crippen LogP contribution in [-0.2, 0) is 6.54 Å². The van der Waals surface area contributed by atoms with Gasteiger partial charge in [0.15, 0.2) is 0 Å². The van der Waals surface area contributed by atoms with Crippen molar-refractivity contribution in [2.24, 2.45) is 0 Å². The first-order valence-electron chi connectivity index (χ1n) is 6.50. The van der Waals surface area contributed by atoms with Crippen LogP contribution in [0.25, 0.3) is 0 Å². The molecule has 1 aromatic carbocycles. The van der Waals surface area contributed by atoms with Crippen molar-refractivity contribution in [1.82, 2.24) is 10.3 Å². The lowest BCUT2D eigenvalue weighted by atomic mass is 10.1. The van der Waals surface area contributed by atoms with E-state index in [-0.39, 0.29) is 6.04 Å². The van der Waals surface area contributed by atoms with Crippen LogP contribution in [0.15, 0.2) is 23.6 Å². The molecule has 20 heavy (non-hydrogen) atoms. The van der Waals surface area contributed by atoms with Crippen LogP contribution < -0.4 is 14.8 Å². The Kier molecular flexibility index (Phi) is 4.98. The molecule has 0 spiro atoms. The van der Waals surface area contributed by atoms with Crippen molar-refractivity contribution < 1.29 is 9.47 Å². The molecule has 0 amide bonds. The monoisotopic (exact) mass is 292 g/mol. The Morgan fingerprint density at radius 2 is 2.10 bits per heavy atom. The Bertz CT molecular complexity index is 569. The van der Waals surface area contributed by atoms with Crippen LogP contribution in [0.1, 0.15) is 29.2 Å². The van der Waals surface area contributed by atoms with E-state index in [4.69, 9.17) is 9.47 Å². The summed E-state index contributed by atoms with van der Waals surface area (Å²) in [6, 6.07) is 6.03. The van der Waals surface area contributed by atoms with Gasteiger partial charge >= 0.3 is 0 Å². The second kappa shape index (κ2) is 6.72. The molecule has 5 heteroatoms. The van der Waals surface area contributed by atoms with Crippen molar-refractivity contribution in [1.29, 1.82) is 0 Å². The van der Waals surface area contributed by atoms with Gasteiger partial charge in [-0.05, 0) is 32.0 Å². The van der Waals surface area contributed by atoms with Crippen LogP contribution in [0.2, 0.25) is 0 Å². The van der Waals surface area contributed by atoms with Gasteiger partial charge in [0.2, 0.25) is 0 Å². The molecule has 0 fully saturated rings. The third-order valence-corrected chi connectivity index (χ3v) is 4.24. The van der Waals surface area contributed by atoms with Crippen molar-refractivity contribution in [2.75, 3.05) is 14.2 Å². The normalized spacial score (nSPS) is 12.2. The molecule has 108 valence electrons. The second-order valence-electron chi connectivity index (χ2n) is 4.61. The molecule has 1 unspecified atom stereocenters. The number of nitrogens with zero attached hydrogens (tertiary/aromatic N) is 1. The summed E-state index contributed by atoms with van der Waals surface area (Å²) in [5.41, 5.74) is 2.14. The average Bonchev–Trinajstić information content (AvgIpc) is 2.91. The average molecular weight is 292 g/mol. The summed E-state index contributed by atoms with van der Waals surface area (Å²) in [7, 11) is 3.35. The Labute approximate surface area is 123 Å². The summed E-state index contributed by atoms with van der Waals surface area (Å²) in [6.07, 6.45) is 0. The van der Waals surface area contributed by atoms with E-state index in [2.05, 4.69) is 22.6 Å². The Morgan fingerprint density at radius 3 is 2.70 bits per heavy atom. The number of hydrogen-bond acceptors (Lipinski definition) is 5. The zero-order chi connectivity index (χ0) is 14.5. The largest absolute Gasteiger partial charge is 0.497 e. The minimum atomic E-state index is 0.213. The zero-order valence-corrected chi connectivity index (χ0v) is 13.1. The minimum absolute atomic E-state index is 0.213. The topological polar surface area (TPSA) is 43.4 Å². The maximum Gasteiger partial charge on any atom is 0.123 e. The van der Waals surface area contributed by atoms with Crippen molar-refractivity contribution in [3.05, 3.63) is 39.8 Å². The quantitative estimate of drug-likeness (QED) is 0.887. The second-order valence-corrected chi connectivity index (χ2v) is 5.50.